The monoisotopic (exact) mass is 385 g/mol. The first kappa shape index (κ1) is 18.0. The van der Waals surface area contributed by atoms with Gasteiger partial charge in [0.15, 0.2) is 11.5 Å². The molecule has 0 spiro atoms. The van der Waals surface area contributed by atoms with Crippen molar-refractivity contribution < 1.29 is 23.0 Å². The lowest BCUT2D eigenvalue weighted by Crippen LogP contribution is -2.25. The van der Waals surface area contributed by atoms with Gasteiger partial charge in [-0.25, -0.2) is 13.8 Å². The number of nitrogens with zero attached hydrogens (tertiary/aromatic N) is 2. The van der Waals surface area contributed by atoms with Crippen molar-refractivity contribution in [3.8, 4) is 17.2 Å². The average Bonchev–Trinajstić information content (AvgIpc) is 3.11. The van der Waals surface area contributed by atoms with E-state index >= 15 is 0 Å². The number of para-hydroxylation sites is 1. The number of carbonyl (C=O) groups is 1. The largest absolute Gasteiger partial charge is 0.493 e. The number of anilines is 1. The average molecular weight is 385 g/mol. The van der Waals surface area contributed by atoms with Crippen LogP contribution in [0, 0.1) is 11.6 Å². The third-order valence-corrected chi connectivity index (χ3v) is 4.75. The summed E-state index contributed by atoms with van der Waals surface area (Å²) in [6, 6.07) is 8.50. The number of benzene rings is 2. The lowest BCUT2D eigenvalue weighted by Gasteiger charge is -2.25. The van der Waals surface area contributed by atoms with Gasteiger partial charge in [0.2, 0.25) is 5.91 Å². The Hall–Kier alpha value is -3.42. The molecule has 3 aromatic rings. The summed E-state index contributed by atoms with van der Waals surface area (Å²) in [6.45, 7) is 0. The van der Waals surface area contributed by atoms with Gasteiger partial charge in [0.05, 0.1) is 25.6 Å². The van der Waals surface area contributed by atoms with Crippen LogP contribution in [-0.2, 0) is 4.79 Å². The number of imidazole rings is 1. The van der Waals surface area contributed by atoms with E-state index in [1.807, 2.05) is 6.07 Å². The molecule has 1 amide bonds. The number of aromatic nitrogens is 2. The maximum atomic E-state index is 14.3. The molecule has 1 aliphatic heterocycles. The van der Waals surface area contributed by atoms with Gasteiger partial charge < -0.3 is 14.8 Å². The van der Waals surface area contributed by atoms with Gasteiger partial charge >= 0.3 is 0 Å². The van der Waals surface area contributed by atoms with Crippen molar-refractivity contribution >= 4 is 11.7 Å². The Balaban J connectivity index is 1.88. The van der Waals surface area contributed by atoms with Gasteiger partial charge in [-0.3, -0.25) is 9.36 Å². The molecule has 0 fully saturated rings. The van der Waals surface area contributed by atoms with Crippen LogP contribution in [0.25, 0.3) is 5.69 Å². The van der Waals surface area contributed by atoms with Crippen molar-refractivity contribution in [2.45, 2.75) is 12.3 Å². The molecule has 1 unspecified atom stereocenters. The van der Waals surface area contributed by atoms with E-state index in [0.717, 1.165) is 23.8 Å². The second-order valence-corrected chi connectivity index (χ2v) is 6.33. The zero-order chi connectivity index (χ0) is 19.8. The normalized spacial score (nSPS) is 15.7. The predicted octanol–water partition coefficient (Wildman–Crippen LogP) is 3.64. The topological polar surface area (TPSA) is 65.4 Å². The van der Waals surface area contributed by atoms with Crippen molar-refractivity contribution in [3.05, 3.63) is 65.6 Å². The van der Waals surface area contributed by atoms with Crippen LogP contribution in [0.1, 0.15) is 23.6 Å². The van der Waals surface area contributed by atoms with E-state index in [0.29, 0.717) is 23.0 Å². The lowest BCUT2D eigenvalue weighted by atomic mass is 9.89. The predicted molar refractivity (Wildman–Crippen MR) is 98.1 cm³/mol. The fraction of sp³-hybridized carbons (Fsp3) is 0.200. The Labute approximate surface area is 159 Å². The number of nitrogens with one attached hydrogen (secondary N) is 1. The van der Waals surface area contributed by atoms with E-state index in [2.05, 4.69) is 10.3 Å². The number of methoxy groups -OCH3 is 2. The van der Waals surface area contributed by atoms with Gasteiger partial charge in [-0.05, 0) is 18.2 Å². The van der Waals surface area contributed by atoms with Crippen molar-refractivity contribution in [2.24, 2.45) is 0 Å². The minimum atomic E-state index is -0.628. The Morgan fingerprint density at radius 2 is 2.00 bits per heavy atom. The summed E-state index contributed by atoms with van der Waals surface area (Å²) in [5, 5.41) is 2.72. The number of carbonyl (C=O) groups excluding carboxylic acids is 1. The zero-order valence-corrected chi connectivity index (χ0v) is 15.2. The standard InChI is InChI=1S/C20H17F2N3O3/c1-27-16-5-3-4-12(19(16)28-2)13-9-17(26)24-20-18(13)23-10-25(20)15-8-11(21)6-7-14(15)22/h3-8,10,13H,9H2,1-2H3,(H,24,26). The van der Waals surface area contributed by atoms with Gasteiger partial charge in [-0.15, -0.1) is 0 Å². The molecule has 2 aromatic carbocycles. The molecule has 144 valence electrons. The molecular weight excluding hydrogens is 368 g/mol. The van der Waals surface area contributed by atoms with Crippen molar-refractivity contribution in [3.63, 3.8) is 0 Å². The lowest BCUT2D eigenvalue weighted by molar-refractivity contribution is -0.116. The molecular formula is C20H17F2N3O3. The molecule has 1 aromatic heterocycles. The highest BCUT2D eigenvalue weighted by atomic mass is 19.1. The summed E-state index contributed by atoms with van der Waals surface area (Å²) >= 11 is 0. The first-order valence-corrected chi connectivity index (χ1v) is 8.57. The van der Waals surface area contributed by atoms with Crippen LogP contribution in [0.4, 0.5) is 14.6 Å². The molecule has 1 atom stereocenters. The van der Waals surface area contributed by atoms with Gasteiger partial charge in [0, 0.05) is 24.0 Å². The number of hydrogen-bond acceptors (Lipinski definition) is 4. The second kappa shape index (κ2) is 6.95. The van der Waals surface area contributed by atoms with Gasteiger partial charge in [-0.1, -0.05) is 12.1 Å². The molecule has 0 radical (unpaired) electrons. The van der Waals surface area contributed by atoms with Crippen LogP contribution in [-0.4, -0.2) is 29.7 Å². The minimum Gasteiger partial charge on any atom is -0.493 e. The summed E-state index contributed by atoms with van der Waals surface area (Å²) in [7, 11) is 3.05. The third kappa shape index (κ3) is 2.87. The van der Waals surface area contributed by atoms with Crippen molar-refractivity contribution in [1.29, 1.82) is 0 Å². The first-order chi connectivity index (χ1) is 13.5. The van der Waals surface area contributed by atoms with Crippen LogP contribution in [0.2, 0.25) is 0 Å². The fourth-order valence-electron chi connectivity index (χ4n) is 3.50. The van der Waals surface area contributed by atoms with E-state index in [-0.39, 0.29) is 18.0 Å². The van der Waals surface area contributed by atoms with Crippen LogP contribution in [0.15, 0.2) is 42.7 Å². The molecule has 0 saturated heterocycles. The van der Waals surface area contributed by atoms with Crippen molar-refractivity contribution in [2.75, 3.05) is 19.5 Å². The number of ether oxygens (including phenoxy) is 2. The van der Waals surface area contributed by atoms with Crippen LogP contribution >= 0.6 is 0 Å². The van der Waals surface area contributed by atoms with Crippen LogP contribution in [0.3, 0.4) is 0 Å². The third-order valence-electron chi connectivity index (χ3n) is 4.75. The molecule has 0 saturated carbocycles. The molecule has 1 N–H and O–H groups in total. The SMILES string of the molecule is COc1cccc(C2CC(=O)Nc3c2ncn3-c2cc(F)ccc2F)c1OC. The van der Waals surface area contributed by atoms with E-state index in [1.54, 1.807) is 12.1 Å². The quantitative estimate of drug-likeness (QED) is 0.745. The van der Waals surface area contributed by atoms with E-state index < -0.39 is 17.6 Å². The summed E-state index contributed by atoms with van der Waals surface area (Å²) < 4.78 is 40.1. The van der Waals surface area contributed by atoms with Gasteiger partial charge in [0.1, 0.15) is 23.8 Å². The van der Waals surface area contributed by atoms with Gasteiger partial charge in [0.25, 0.3) is 0 Å². The fourth-order valence-corrected chi connectivity index (χ4v) is 3.50. The molecule has 2 heterocycles. The number of halogens is 2. The highest BCUT2D eigenvalue weighted by Crippen LogP contribution is 2.43. The maximum absolute atomic E-state index is 14.3. The van der Waals surface area contributed by atoms with Crippen LogP contribution < -0.4 is 14.8 Å². The number of hydrogen-bond donors (Lipinski definition) is 1. The Morgan fingerprint density at radius 1 is 1.18 bits per heavy atom. The first-order valence-electron chi connectivity index (χ1n) is 8.57. The molecule has 28 heavy (non-hydrogen) atoms. The zero-order valence-electron chi connectivity index (χ0n) is 15.2. The Bertz CT molecular complexity index is 1060. The maximum Gasteiger partial charge on any atom is 0.226 e. The molecule has 0 aliphatic carbocycles. The summed E-state index contributed by atoms with van der Waals surface area (Å²) in [5.74, 6) is -0.572. The summed E-state index contributed by atoms with van der Waals surface area (Å²) in [4.78, 5) is 16.8. The Kier molecular flexibility index (Phi) is 4.46. The highest BCUT2D eigenvalue weighted by Gasteiger charge is 2.33. The molecule has 1 aliphatic rings. The highest BCUT2D eigenvalue weighted by molar-refractivity contribution is 5.94. The summed E-state index contributed by atoms with van der Waals surface area (Å²) in [6.07, 6.45) is 1.51. The summed E-state index contributed by atoms with van der Waals surface area (Å²) in [5.41, 5.74) is 1.23. The van der Waals surface area contributed by atoms with Crippen molar-refractivity contribution in [1.82, 2.24) is 9.55 Å². The number of rotatable bonds is 4. The smallest absolute Gasteiger partial charge is 0.226 e. The Morgan fingerprint density at radius 3 is 2.75 bits per heavy atom. The second-order valence-electron chi connectivity index (χ2n) is 6.33. The molecule has 8 heteroatoms. The van der Waals surface area contributed by atoms with Crippen LogP contribution in [0.5, 0.6) is 11.5 Å². The molecule has 0 bridgehead atoms. The minimum absolute atomic E-state index is 0.0349. The van der Waals surface area contributed by atoms with E-state index in [1.165, 1.54) is 25.1 Å². The number of amides is 1. The van der Waals surface area contributed by atoms with E-state index in [4.69, 9.17) is 9.47 Å². The number of fused-ring (bicyclic) bond motifs is 1. The molecule has 6 nitrogen and oxygen atoms in total. The van der Waals surface area contributed by atoms with E-state index in [9.17, 15) is 13.6 Å². The molecule has 4 rings (SSSR count). The van der Waals surface area contributed by atoms with Gasteiger partial charge in [-0.2, -0.15) is 0 Å².